The van der Waals surface area contributed by atoms with Crippen molar-refractivity contribution in [3.63, 3.8) is 0 Å². The Balaban J connectivity index is 1.75. The maximum absolute atomic E-state index is 12.9. The Labute approximate surface area is 147 Å². The molecule has 3 nitrogen and oxygen atoms in total. The zero-order valence-electron chi connectivity index (χ0n) is 14.7. The standard InChI is InChI=1S/C21H21FN2O/c1-21(2)13-12-18(20(25)24(21)3)19-11-8-16(14-23-19)5-4-15-6-9-17(22)10-7-15/h6-11,14,18H,12-13H2,1-3H3/t18-/m0/s1. The summed E-state index contributed by atoms with van der Waals surface area (Å²) in [4.78, 5) is 18.9. The van der Waals surface area contributed by atoms with Gasteiger partial charge in [0.25, 0.3) is 0 Å². The van der Waals surface area contributed by atoms with E-state index in [0.29, 0.717) is 0 Å². The van der Waals surface area contributed by atoms with Gasteiger partial charge in [-0.25, -0.2) is 4.39 Å². The van der Waals surface area contributed by atoms with E-state index in [1.807, 2.05) is 24.1 Å². The van der Waals surface area contributed by atoms with Gasteiger partial charge in [-0.05, 0) is 63.1 Å². The van der Waals surface area contributed by atoms with E-state index >= 15 is 0 Å². The number of amides is 1. The highest BCUT2D eigenvalue weighted by molar-refractivity contribution is 5.84. The van der Waals surface area contributed by atoms with Crippen LogP contribution in [0.5, 0.6) is 0 Å². The molecule has 1 saturated heterocycles. The summed E-state index contributed by atoms with van der Waals surface area (Å²) in [5, 5.41) is 0. The molecule has 1 aliphatic rings. The number of carbonyl (C=O) groups is 1. The Morgan fingerprint density at radius 3 is 2.40 bits per heavy atom. The van der Waals surface area contributed by atoms with Crippen LogP contribution >= 0.6 is 0 Å². The summed E-state index contributed by atoms with van der Waals surface area (Å²) < 4.78 is 12.9. The van der Waals surface area contributed by atoms with E-state index in [9.17, 15) is 9.18 Å². The van der Waals surface area contributed by atoms with E-state index in [0.717, 1.165) is 29.7 Å². The number of piperidine rings is 1. The van der Waals surface area contributed by atoms with Crippen molar-refractivity contribution >= 4 is 5.91 Å². The number of nitrogens with zero attached hydrogens (tertiary/aromatic N) is 2. The van der Waals surface area contributed by atoms with Crippen molar-refractivity contribution < 1.29 is 9.18 Å². The molecule has 3 rings (SSSR count). The van der Waals surface area contributed by atoms with Gasteiger partial charge in [0, 0.05) is 29.9 Å². The molecule has 1 fully saturated rings. The molecule has 1 aromatic carbocycles. The maximum atomic E-state index is 12.9. The Morgan fingerprint density at radius 1 is 1.12 bits per heavy atom. The molecule has 1 atom stereocenters. The number of pyridine rings is 1. The van der Waals surface area contributed by atoms with Gasteiger partial charge in [0.15, 0.2) is 0 Å². The highest BCUT2D eigenvalue weighted by Crippen LogP contribution is 2.34. The van der Waals surface area contributed by atoms with Crippen molar-refractivity contribution in [2.24, 2.45) is 0 Å². The summed E-state index contributed by atoms with van der Waals surface area (Å²) in [5.74, 6) is 5.66. The van der Waals surface area contributed by atoms with Gasteiger partial charge in [-0.3, -0.25) is 9.78 Å². The molecule has 0 saturated carbocycles. The molecule has 128 valence electrons. The fourth-order valence-corrected chi connectivity index (χ4v) is 2.96. The lowest BCUT2D eigenvalue weighted by molar-refractivity contribution is -0.140. The van der Waals surface area contributed by atoms with Crippen molar-refractivity contribution in [1.82, 2.24) is 9.88 Å². The number of hydrogen-bond donors (Lipinski definition) is 0. The first-order valence-electron chi connectivity index (χ1n) is 8.38. The van der Waals surface area contributed by atoms with Crippen LogP contribution in [0, 0.1) is 17.7 Å². The van der Waals surface area contributed by atoms with Crippen LogP contribution < -0.4 is 0 Å². The number of aromatic nitrogens is 1. The molecule has 0 spiro atoms. The largest absolute Gasteiger partial charge is 0.340 e. The molecule has 0 unspecified atom stereocenters. The zero-order chi connectivity index (χ0) is 18.0. The van der Waals surface area contributed by atoms with E-state index in [-0.39, 0.29) is 23.2 Å². The normalized spacial score (nSPS) is 19.3. The number of likely N-dealkylation sites (N-methyl/N-ethyl adjacent to an activating group) is 1. The number of halogens is 1. The topological polar surface area (TPSA) is 33.2 Å². The average molecular weight is 336 g/mol. The van der Waals surface area contributed by atoms with Crippen molar-refractivity contribution in [3.05, 3.63) is 65.2 Å². The Morgan fingerprint density at radius 2 is 1.76 bits per heavy atom. The van der Waals surface area contributed by atoms with Crippen molar-refractivity contribution in [2.45, 2.75) is 38.1 Å². The van der Waals surface area contributed by atoms with Crippen LogP contribution in [-0.2, 0) is 4.79 Å². The van der Waals surface area contributed by atoms with Crippen LogP contribution in [0.25, 0.3) is 0 Å². The number of carbonyl (C=O) groups excluding carboxylic acids is 1. The second-order valence-corrected chi connectivity index (χ2v) is 7.03. The lowest BCUT2D eigenvalue weighted by Gasteiger charge is -2.42. The van der Waals surface area contributed by atoms with Crippen LogP contribution in [0.3, 0.4) is 0 Å². The lowest BCUT2D eigenvalue weighted by Crippen LogP contribution is -2.51. The molecule has 1 amide bonds. The molecular weight excluding hydrogens is 315 g/mol. The van der Waals surface area contributed by atoms with E-state index in [2.05, 4.69) is 30.7 Å². The summed E-state index contributed by atoms with van der Waals surface area (Å²) in [7, 11) is 1.86. The van der Waals surface area contributed by atoms with E-state index in [1.165, 1.54) is 12.1 Å². The van der Waals surface area contributed by atoms with Gasteiger partial charge >= 0.3 is 0 Å². The second kappa shape index (κ2) is 6.68. The molecule has 0 N–H and O–H groups in total. The van der Waals surface area contributed by atoms with Crippen LogP contribution in [0.1, 0.15) is 49.4 Å². The minimum Gasteiger partial charge on any atom is -0.340 e. The number of likely N-dealkylation sites (tertiary alicyclic amines) is 1. The van der Waals surface area contributed by atoms with Crippen LogP contribution in [0.4, 0.5) is 4.39 Å². The fourth-order valence-electron chi connectivity index (χ4n) is 2.96. The monoisotopic (exact) mass is 336 g/mol. The third-order valence-corrected chi connectivity index (χ3v) is 4.92. The molecule has 2 heterocycles. The first-order valence-corrected chi connectivity index (χ1v) is 8.38. The molecule has 0 bridgehead atoms. The van der Waals surface area contributed by atoms with Gasteiger partial charge in [0.2, 0.25) is 5.91 Å². The van der Waals surface area contributed by atoms with Gasteiger partial charge in [-0.15, -0.1) is 0 Å². The molecule has 1 aliphatic heterocycles. The van der Waals surface area contributed by atoms with Gasteiger partial charge < -0.3 is 4.90 Å². The summed E-state index contributed by atoms with van der Waals surface area (Å²) in [6.07, 6.45) is 3.45. The van der Waals surface area contributed by atoms with E-state index in [1.54, 1.807) is 18.3 Å². The molecule has 25 heavy (non-hydrogen) atoms. The smallest absolute Gasteiger partial charge is 0.231 e. The van der Waals surface area contributed by atoms with Gasteiger partial charge in [0.1, 0.15) is 5.82 Å². The van der Waals surface area contributed by atoms with Crippen LogP contribution in [0.2, 0.25) is 0 Å². The van der Waals surface area contributed by atoms with Crippen molar-refractivity contribution in [1.29, 1.82) is 0 Å². The highest BCUT2D eigenvalue weighted by Gasteiger charge is 2.38. The fraction of sp³-hybridized carbons (Fsp3) is 0.333. The predicted molar refractivity (Wildman–Crippen MR) is 95.4 cm³/mol. The molecule has 0 aliphatic carbocycles. The van der Waals surface area contributed by atoms with Crippen LogP contribution in [0.15, 0.2) is 42.6 Å². The lowest BCUT2D eigenvalue weighted by atomic mass is 9.83. The van der Waals surface area contributed by atoms with Crippen molar-refractivity contribution in [2.75, 3.05) is 7.05 Å². The minimum absolute atomic E-state index is 0.103. The first kappa shape index (κ1) is 17.2. The SMILES string of the molecule is CN1C(=O)[C@H](c2ccc(C#Cc3ccc(F)cc3)cn2)CCC1(C)C. The molecular formula is C21H21FN2O. The third kappa shape index (κ3) is 3.71. The Kier molecular flexibility index (Phi) is 4.59. The quantitative estimate of drug-likeness (QED) is 0.744. The van der Waals surface area contributed by atoms with E-state index < -0.39 is 0 Å². The summed E-state index contributed by atoms with van der Waals surface area (Å²) in [6, 6.07) is 9.82. The molecule has 0 radical (unpaired) electrons. The maximum Gasteiger partial charge on any atom is 0.231 e. The third-order valence-electron chi connectivity index (χ3n) is 4.92. The summed E-state index contributed by atoms with van der Waals surface area (Å²) >= 11 is 0. The number of benzene rings is 1. The summed E-state index contributed by atoms with van der Waals surface area (Å²) in [5.41, 5.74) is 2.20. The van der Waals surface area contributed by atoms with E-state index in [4.69, 9.17) is 0 Å². The second-order valence-electron chi connectivity index (χ2n) is 7.03. The minimum atomic E-state index is -0.276. The predicted octanol–water partition coefficient (Wildman–Crippen LogP) is 3.73. The number of hydrogen-bond acceptors (Lipinski definition) is 2. The Bertz CT molecular complexity index is 829. The average Bonchev–Trinajstić information content (AvgIpc) is 2.60. The molecule has 2 aromatic rings. The van der Waals surface area contributed by atoms with Gasteiger partial charge in [-0.1, -0.05) is 11.8 Å². The summed E-state index contributed by atoms with van der Waals surface area (Å²) in [6.45, 7) is 4.17. The number of rotatable bonds is 1. The molecule has 1 aromatic heterocycles. The van der Waals surface area contributed by atoms with Gasteiger partial charge in [0.05, 0.1) is 11.6 Å². The van der Waals surface area contributed by atoms with Crippen molar-refractivity contribution in [3.8, 4) is 11.8 Å². The zero-order valence-corrected chi connectivity index (χ0v) is 14.7. The highest BCUT2D eigenvalue weighted by atomic mass is 19.1. The van der Waals surface area contributed by atoms with Gasteiger partial charge in [-0.2, -0.15) is 0 Å². The first-order chi connectivity index (χ1) is 11.9. The van der Waals surface area contributed by atoms with Crippen LogP contribution in [-0.4, -0.2) is 28.4 Å². The molecule has 4 heteroatoms. The Hall–Kier alpha value is -2.67.